The van der Waals surface area contributed by atoms with Crippen LogP contribution in [0.4, 0.5) is 0 Å². The molecular formula is C12H18BrN3. The van der Waals surface area contributed by atoms with Crippen molar-refractivity contribution in [2.45, 2.75) is 25.9 Å². The lowest BCUT2D eigenvalue weighted by Gasteiger charge is -2.26. The van der Waals surface area contributed by atoms with Gasteiger partial charge in [0.15, 0.2) is 0 Å². The number of rotatable bonds is 5. The Morgan fingerprint density at radius 2 is 2.25 bits per heavy atom. The Kier molecular flexibility index (Phi) is 4.96. The van der Waals surface area contributed by atoms with E-state index in [1.807, 2.05) is 26.1 Å². The van der Waals surface area contributed by atoms with Gasteiger partial charge in [-0.05, 0) is 31.2 Å². The highest BCUT2D eigenvalue weighted by atomic mass is 79.9. The van der Waals surface area contributed by atoms with Gasteiger partial charge in [0.25, 0.3) is 0 Å². The predicted octanol–water partition coefficient (Wildman–Crippen LogP) is 2.60. The van der Waals surface area contributed by atoms with Crippen molar-refractivity contribution in [3.8, 4) is 0 Å². The van der Waals surface area contributed by atoms with Gasteiger partial charge in [0.2, 0.25) is 0 Å². The smallest absolute Gasteiger partial charge is 0.108 e. The van der Waals surface area contributed by atoms with Crippen molar-refractivity contribution in [2.24, 2.45) is 5.73 Å². The van der Waals surface area contributed by atoms with E-state index in [0.29, 0.717) is 0 Å². The summed E-state index contributed by atoms with van der Waals surface area (Å²) in [7, 11) is 2.00. The second-order valence-electron chi connectivity index (χ2n) is 3.92. The summed E-state index contributed by atoms with van der Waals surface area (Å²) in [5.41, 5.74) is 6.78. The molecule has 0 amide bonds. The minimum absolute atomic E-state index is 0.0268. The first-order valence-electron chi connectivity index (χ1n) is 5.33. The number of nitrogens with zero attached hydrogens (tertiary/aromatic N) is 1. The molecule has 0 aliphatic carbocycles. The zero-order valence-corrected chi connectivity index (χ0v) is 11.3. The molecule has 4 heteroatoms. The zero-order valence-electron chi connectivity index (χ0n) is 9.70. The topological polar surface area (TPSA) is 53.1 Å². The van der Waals surface area contributed by atoms with E-state index in [4.69, 9.17) is 11.1 Å². The Bertz CT molecular complexity index is 365. The van der Waals surface area contributed by atoms with E-state index in [9.17, 15) is 0 Å². The van der Waals surface area contributed by atoms with Gasteiger partial charge in [0.1, 0.15) is 5.84 Å². The number of nitrogens with two attached hydrogens (primary N) is 1. The molecule has 0 aromatic heterocycles. The van der Waals surface area contributed by atoms with Crippen molar-refractivity contribution < 1.29 is 0 Å². The van der Waals surface area contributed by atoms with Crippen LogP contribution >= 0.6 is 15.9 Å². The van der Waals surface area contributed by atoms with Crippen LogP contribution in [0.1, 0.15) is 18.9 Å². The maximum Gasteiger partial charge on any atom is 0.108 e. The predicted molar refractivity (Wildman–Crippen MR) is 71.6 cm³/mol. The third-order valence-electron chi connectivity index (χ3n) is 2.60. The van der Waals surface area contributed by atoms with Gasteiger partial charge in [-0.25, -0.2) is 0 Å². The molecule has 3 nitrogen and oxygen atoms in total. The number of benzene rings is 1. The van der Waals surface area contributed by atoms with Crippen LogP contribution in [-0.4, -0.2) is 23.8 Å². The molecule has 1 rings (SSSR count). The highest BCUT2D eigenvalue weighted by Crippen LogP contribution is 2.14. The van der Waals surface area contributed by atoms with E-state index >= 15 is 0 Å². The minimum atomic E-state index is 0.0268. The zero-order chi connectivity index (χ0) is 12.1. The summed E-state index contributed by atoms with van der Waals surface area (Å²) in [4.78, 5) is 2.10. The molecule has 0 aliphatic rings. The summed E-state index contributed by atoms with van der Waals surface area (Å²) >= 11 is 3.45. The van der Waals surface area contributed by atoms with Crippen molar-refractivity contribution >= 4 is 21.8 Å². The fourth-order valence-corrected chi connectivity index (χ4v) is 2.25. The molecule has 0 radical (unpaired) electrons. The van der Waals surface area contributed by atoms with Gasteiger partial charge < -0.3 is 5.73 Å². The second kappa shape index (κ2) is 6.01. The molecule has 0 aliphatic heterocycles. The van der Waals surface area contributed by atoms with E-state index in [-0.39, 0.29) is 11.9 Å². The number of amidine groups is 1. The van der Waals surface area contributed by atoms with E-state index in [0.717, 1.165) is 17.4 Å². The van der Waals surface area contributed by atoms with E-state index in [1.54, 1.807) is 0 Å². The first-order chi connectivity index (χ1) is 7.54. The molecule has 1 atom stereocenters. The first-order valence-corrected chi connectivity index (χ1v) is 6.12. The molecule has 0 spiro atoms. The van der Waals surface area contributed by atoms with Crippen molar-refractivity contribution in [2.75, 3.05) is 7.05 Å². The van der Waals surface area contributed by atoms with Gasteiger partial charge in [-0.1, -0.05) is 35.0 Å². The van der Waals surface area contributed by atoms with Crippen LogP contribution in [0.25, 0.3) is 0 Å². The summed E-state index contributed by atoms with van der Waals surface area (Å²) in [6.45, 7) is 2.85. The largest absolute Gasteiger partial charge is 0.386 e. The monoisotopic (exact) mass is 283 g/mol. The summed E-state index contributed by atoms with van der Waals surface area (Å²) < 4.78 is 1.08. The van der Waals surface area contributed by atoms with Crippen molar-refractivity contribution in [3.63, 3.8) is 0 Å². The number of hydrogen-bond donors (Lipinski definition) is 2. The number of hydrogen-bond acceptors (Lipinski definition) is 2. The average molecular weight is 284 g/mol. The maximum atomic E-state index is 7.52. The summed E-state index contributed by atoms with van der Waals surface area (Å²) in [5.74, 6) is 0.236. The highest BCUT2D eigenvalue weighted by Gasteiger charge is 2.15. The Morgan fingerprint density at radius 1 is 1.56 bits per heavy atom. The minimum Gasteiger partial charge on any atom is -0.386 e. The average Bonchev–Trinajstić information content (AvgIpc) is 2.17. The van der Waals surface area contributed by atoms with Gasteiger partial charge in [-0.2, -0.15) is 0 Å². The first kappa shape index (κ1) is 13.2. The Morgan fingerprint density at radius 3 is 2.75 bits per heavy atom. The fourth-order valence-electron chi connectivity index (χ4n) is 1.80. The summed E-state index contributed by atoms with van der Waals surface area (Å²) in [5, 5.41) is 7.52. The molecule has 16 heavy (non-hydrogen) atoms. The Hall–Kier alpha value is -0.870. The molecule has 0 fully saturated rings. The number of halogens is 1. The number of nitrogens with one attached hydrogen (secondary N) is 1. The summed E-state index contributed by atoms with van der Waals surface area (Å²) in [6.07, 6.45) is 0.861. The SMILES string of the molecule is CCC(C(=N)N)N(C)Cc1cccc(Br)c1. The van der Waals surface area contributed by atoms with Crippen LogP contribution in [0.2, 0.25) is 0 Å². The third-order valence-corrected chi connectivity index (χ3v) is 3.09. The van der Waals surface area contributed by atoms with Crippen LogP contribution in [0.15, 0.2) is 28.7 Å². The van der Waals surface area contributed by atoms with Crippen molar-refractivity contribution in [1.82, 2.24) is 4.90 Å². The fraction of sp³-hybridized carbons (Fsp3) is 0.417. The van der Waals surface area contributed by atoms with E-state index in [1.165, 1.54) is 5.56 Å². The Balaban J connectivity index is 2.69. The second-order valence-corrected chi connectivity index (χ2v) is 4.84. The molecule has 88 valence electrons. The molecular weight excluding hydrogens is 266 g/mol. The highest BCUT2D eigenvalue weighted by molar-refractivity contribution is 9.10. The van der Waals surface area contributed by atoms with Gasteiger partial charge in [-0.15, -0.1) is 0 Å². The van der Waals surface area contributed by atoms with Crippen LogP contribution in [0.5, 0.6) is 0 Å². The normalized spacial score (nSPS) is 12.8. The lowest BCUT2D eigenvalue weighted by atomic mass is 10.1. The lowest BCUT2D eigenvalue weighted by Crippen LogP contribution is -2.41. The molecule has 0 heterocycles. The van der Waals surface area contributed by atoms with Crippen LogP contribution < -0.4 is 5.73 Å². The maximum absolute atomic E-state index is 7.52. The summed E-state index contributed by atoms with van der Waals surface area (Å²) in [6, 6.07) is 8.21. The van der Waals surface area contributed by atoms with Crippen LogP contribution in [0, 0.1) is 5.41 Å². The molecule has 0 saturated heterocycles. The molecule has 1 unspecified atom stereocenters. The van der Waals surface area contributed by atoms with Crippen LogP contribution in [-0.2, 0) is 6.54 Å². The molecule has 0 saturated carbocycles. The standard InChI is InChI=1S/C12H18BrN3/c1-3-11(12(14)15)16(2)8-9-5-4-6-10(13)7-9/h4-7,11H,3,8H2,1-2H3,(H3,14,15). The third kappa shape index (κ3) is 3.61. The van der Waals surface area contributed by atoms with Crippen LogP contribution in [0.3, 0.4) is 0 Å². The van der Waals surface area contributed by atoms with E-state index in [2.05, 4.69) is 33.0 Å². The quantitative estimate of drug-likeness (QED) is 0.645. The van der Waals surface area contributed by atoms with Crippen molar-refractivity contribution in [3.05, 3.63) is 34.3 Å². The van der Waals surface area contributed by atoms with Gasteiger partial charge in [-0.3, -0.25) is 10.3 Å². The molecule has 0 bridgehead atoms. The lowest BCUT2D eigenvalue weighted by molar-refractivity contribution is 0.281. The Labute approximate surface area is 105 Å². The molecule has 1 aromatic rings. The van der Waals surface area contributed by atoms with E-state index < -0.39 is 0 Å². The molecule has 1 aromatic carbocycles. The molecule has 3 N–H and O–H groups in total. The van der Waals surface area contributed by atoms with Crippen molar-refractivity contribution in [1.29, 1.82) is 5.41 Å². The van der Waals surface area contributed by atoms with Gasteiger partial charge in [0, 0.05) is 11.0 Å². The van der Waals surface area contributed by atoms with Gasteiger partial charge in [0.05, 0.1) is 6.04 Å². The van der Waals surface area contributed by atoms with Gasteiger partial charge >= 0.3 is 0 Å². The number of likely N-dealkylation sites (N-methyl/N-ethyl adjacent to an activating group) is 1.